The minimum atomic E-state index is -1.13. The van der Waals surface area contributed by atoms with Crippen LogP contribution in [0.2, 0.25) is 5.02 Å². The summed E-state index contributed by atoms with van der Waals surface area (Å²) >= 11 is 6.02. The number of carbonyl (C=O) groups excluding carboxylic acids is 2. The molecule has 0 aliphatic carbocycles. The molecule has 1 heterocycles. The quantitative estimate of drug-likeness (QED) is 0.205. The summed E-state index contributed by atoms with van der Waals surface area (Å²) in [6.07, 6.45) is 0. The molecule has 0 aromatic heterocycles. The van der Waals surface area contributed by atoms with Crippen LogP contribution >= 0.6 is 11.6 Å². The number of benzene rings is 3. The largest absolute Gasteiger partial charge is 0.507 e. The molecule has 4 rings (SSSR count). The molecule has 7 nitrogen and oxygen atoms in total. The van der Waals surface area contributed by atoms with Crippen LogP contribution in [0.25, 0.3) is 5.76 Å². The molecule has 3 aromatic carbocycles. The lowest BCUT2D eigenvalue weighted by Crippen LogP contribution is -2.29. The van der Waals surface area contributed by atoms with Gasteiger partial charge in [0.25, 0.3) is 11.7 Å². The molecule has 204 valence electrons. The Bertz CT molecular complexity index is 1490. The van der Waals surface area contributed by atoms with Crippen LogP contribution in [0.3, 0.4) is 0 Å². The number of amides is 1. The molecule has 3 aromatic rings. The highest BCUT2D eigenvalue weighted by Gasteiger charge is 2.47. The van der Waals surface area contributed by atoms with E-state index in [0.29, 0.717) is 16.9 Å². The molecule has 0 spiro atoms. The number of nitrogens with zero attached hydrogens (tertiary/aromatic N) is 1. The van der Waals surface area contributed by atoms with Gasteiger partial charge in [0.15, 0.2) is 11.5 Å². The number of phenolic OH excluding ortho intramolecular Hbond substituents is 1. The molecule has 1 aliphatic rings. The number of anilines is 1. The average Bonchev–Trinajstić information content (AvgIpc) is 3.16. The van der Waals surface area contributed by atoms with E-state index in [2.05, 4.69) is 0 Å². The molecule has 1 fully saturated rings. The minimum absolute atomic E-state index is 0.132. The summed E-state index contributed by atoms with van der Waals surface area (Å²) in [5.74, 6) is -2.34. The summed E-state index contributed by atoms with van der Waals surface area (Å²) in [6.45, 7) is 7.95. The Morgan fingerprint density at radius 1 is 1.05 bits per heavy atom. The number of rotatable bonds is 6. The van der Waals surface area contributed by atoms with Crippen molar-refractivity contribution in [2.45, 2.75) is 39.2 Å². The van der Waals surface area contributed by atoms with Gasteiger partial charge in [0.1, 0.15) is 17.3 Å². The molecule has 2 N–H and O–H groups in total. The third-order valence-corrected chi connectivity index (χ3v) is 6.80. The van der Waals surface area contributed by atoms with E-state index in [0.717, 1.165) is 16.5 Å². The molecule has 0 bridgehead atoms. The smallest absolute Gasteiger partial charge is 0.300 e. The highest BCUT2D eigenvalue weighted by atomic mass is 35.5. The van der Waals surface area contributed by atoms with Crippen molar-refractivity contribution in [3.05, 3.63) is 87.7 Å². The number of methoxy groups -OCH3 is 1. The summed E-state index contributed by atoms with van der Waals surface area (Å²) in [4.78, 5) is 28.1. The zero-order chi connectivity index (χ0) is 28.6. The van der Waals surface area contributed by atoms with Crippen molar-refractivity contribution in [2.24, 2.45) is 0 Å². The van der Waals surface area contributed by atoms with Gasteiger partial charge in [-0.05, 0) is 66.4 Å². The topological polar surface area (TPSA) is 96.3 Å². The van der Waals surface area contributed by atoms with Crippen LogP contribution in [0.1, 0.15) is 50.4 Å². The lowest BCUT2D eigenvalue weighted by molar-refractivity contribution is -0.132. The van der Waals surface area contributed by atoms with Crippen molar-refractivity contribution in [3.63, 3.8) is 0 Å². The van der Waals surface area contributed by atoms with Crippen LogP contribution in [0, 0.1) is 5.82 Å². The second-order valence-electron chi connectivity index (χ2n) is 10.1. The first kappa shape index (κ1) is 28.0. The van der Waals surface area contributed by atoms with E-state index < -0.39 is 29.3 Å². The van der Waals surface area contributed by atoms with Gasteiger partial charge in [0.05, 0.1) is 30.4 Å². The second-order valence-corrected chi connectivity index (χ2v) is 10.5. The van der Waals surface area contributed by atoms with Gasteiger partial charge in [-0.3, -0.25) is 14.5 Å². The highest BCUT2D eigenvalue weighted by molar-refractivity contribution is 6.51. The zero-order valence-electron chi connectivity index (χ0n) is 22.2. The van der Waals surface area contributed by atoms with E-state index in [1.807, 2.05) is 20.8 Å². The van der Waals surface area contributed by atoms with Crippen LogP contribution in [-0.4, -0.2) is 35.6 Å². The van der Waals surface area contributed by atoms with E-state index in [1.165, 1.54) is 30.3 Å². The average molecular weight is 554 g/mol. The molecule has 9 heteroatoms. The zero-order valence-corrected chi connectivity index (χ0v) is 23.0. The Balaban J connectivity index is 1.99. The summed E-state index contributed by atoms with van der Waals surface area (Å²) in [5, 5.41) is 21.6. The fourth-order valence-corrected chi connectivity index (χ4v) is 4.79. The molecule has 0 radical (unpaired) electrons. The predicted molar refractivity (Wildman–Crippen MR) is 147 cm³/mol. The molecule has 1 atom stereocenters. The SMILES string of the molecule is CCOc1cc(C2/C(=C(\O)c3ccc(OC)c(C(C)(C)C)c3)C(=O)C(=O)N2c2ccc(F)c(Cl)c2)ccc1O. The van der Waals surface area contributed by atoms with Crippen LogP contribution < -0.4 is 14.4 Å². The first-order valence-electron chi connectivity index (χ1n) is 12.3. The maximum Gasteiger partial charge on any atom is 0.300 e. The Kier molecular flexibility index (Phi) is 7.61. The normalized spacial score (nSPS) is 17.0. The molecular formula is C30H29ClFNO6. The van der Waals surface area contributed by atoms with Gasteiger partial charge in [-0.1, -0.05) is 38.4 Å². The van der Waals surface area contributed by atoms with Crippen LogP contribution in [0.5, 0.6) is 17.2 Å². The number of carbonyl (C=O) groups is 2. The lowest BCUT2D eigenvalue weighted by Gasteiger charge is -2.26. The second kappa shape index (κ2) is 10.6. The number of ether oxygens (including phenoxy) is 2. The monoisotopic (exact) mass is 553 g/mol. The van der Waals surface area contributed by atoms with Crippen LogP contribution in [0.4, 0.5) is 10.1 Å². The maximum atomic E-state index is 14.0. The van der Waals surface area contributed by atoms with Gasteiger partial charge in [-0.2, -0.15) is 0 Å². The summed E-state index contributed by atoms with van der Waals surface area (Å²) < 4.78 is 25.0. The summed E-state index contributed by atoms with van der Waals surface area (Å²) in [7, 11) is 1.55. The van der Waals surface area contributed by atoms with Gasteiger partial charge in [0, 0.05) is 16.8 Å². The Morgan fingerprint density at radius 3 is 2.38 bits per heavy atom. The molecule has 39 heavy (non-hydrogen) atoms. The Hall–Kier alpha value is -4.04. The third-order valence-electron chi connectivity index (χ3n) is 6.51. The Morgan fingerprint density at radius 2 is 1.77 bits per heavy atom. The standard InChI is InChI=1S/C30H29ClFNO6/c1-6-39-24-14-16(7-11-22(24)34)26-25(27(35)17-8-12-23(38-5)19(13-17)30(2,3)4)28(36)29(37)33(26)18-9-10-21(32)20(31)15-18/h7-15,26,34-35H,6H2,1-5H3/b27-25+. The van der Waals surface area contributed by atoms with Gasteiger partial charge in [-0.25, -0.2) is 4.39 Å². The van der Waals surface area contributed by atoms with Crippen LogP contribution in [-0.2, 0) is 15.0 Å². The fourth-order valence-electron chi connectivity index (χ4n) is 4.62. The van der Waals surface area contributed by atoms with E-state index in [-0.39, 0.29) is 39.8 Å². The fraction of sp³-hybridized carbons (Fsp3) is 0.267. The van der Waals surface area contributed by atoms with Crippen molar-refractivity contribution < 1.29 is 33.7 Å². The first-order valence-corrected chi connectivity index (χ1v) is 12.7. The van der Waals surface area contributed by atoms with E-state index >= 15 is 0 Å². The van der Waals surface area contributed by atoms with E-state index in [1.54, 1.807) is 32.2 Å². The molecular weight excluding hydrogens is 525 g/mol. The van der Waals surface area contributed by atoms with Gasteiger partial charge in [0.2, 0.25) is 0 Å². The van der Waals surface area contributed by atoms with Crippen molar-refractivity contribution in [3.8, 4) is 17.2 Å². The number of phenols is 1. The number of hydrogen-bond donors (Lipinski definition) is 2. The number of aliphatic hydroxyl groups excluding tert-OH is 1. The third kappa shape index (κ3) is 5.16. The Labute approximate surface area is 231 Å². The van der Waals surface area contributed by atoms with Crippen molar-refractivity contribution in [1.82, 2.24) is 0 Å². The highest BCUT2D eigenvalue weighted by Crippen LogP contribution is 2.45. The van der Waals surface area contributed by atoms with Gasteiger partial charge < -0.3 is 19.7 Å². The lowest BCUT2D eigenvalue weighted by atomic mass is 9.84. The molecule has 1 saturated heterocycles. The van der Waals surface area contributed by atoms with Gasteiger partial charge in [-0.15, -0.1) is 0 Å². The number of ketones is 1. The summed E-state index contributed by atoms with van der Waals surface area (Å²) in [5.41, 5.74) is 1.09. The molecule has 0 saturated carbocycles. The van der Waals surface area contributed by atoms with Gasteiger partial charge >= 0.3 is 0 Å². The number of halogens is 2. The molecule has 1 amide bonds. The number of Topliss-reactive ketones (excluding diaryl/α,β-unsaturated/α-hetero) is 1. The number of hydrogen-bond acceptors (Lipinski definition) is 6. The predicted octanol–water partition coefficient (Wildman–Crippen LogP) is 6.52. The van der Waals surface area contributed by atoms with Crippen molar-refractivity contribution in [2.75, 3.05) is 18.6 Å². The first-order chi connectivity index (χ1) is 18.4. The number of aromatic hydroxyl groups is 1. The van der Waals surface area contributed by atoms with Crippen LogP contribution in [0.15, 0.2) is 60.2 Å². The molecule has 1 unspecified atom stereocenters. The van der Waals surface area contributed by atoms with Crippen molar-refractivity contribution in [1.29, 1.82) is 0 Å². The molecule has 1 aliphatic heterocycles. The summed E-state index contributed by atoms with van der Waals surface area (Å²) in [6, 6.07) is 11.9. The van der Waals surface area contributed by atoms with E-state index in [9.17, 15) is 24.2 Å². The van der Waals surface area contributed by atoms with Crippen molar-refractivity contribution >= 4 is 34.7 Å². The van der Waals surface area contributed by atoms with E-state index in [4.69, 9.17) is 21.1 Å². The minimum Gasteiger partial charge on any atom is -0.507 e. The number of aliphatic hydroxyl groups is 1. The maximum absolute atomic E-state index is 14.0.